The Labute approximate surface area is 59.4 Å². The Bertz CT molecular complexity index is 170. The van der Waals surface area contributed by atoms with Crippen molar-refractivity contribution in [3.05, 3.63) is 0 Å². The minimum Gasteiger partial charge on any atom is -0.481 e. The summed E-state index contributed by atoms with van der Waals surface area (Å²) in [5.41, 5.74) is -0.384. The molecule has 2 atom stereocenters. The largest absolute Gasteiger partial charge is 0.481 e. The van der Waals surface area contributed by atoms with Crippen LogP contribution in [-0.2, 0) is 4.79 Å². The Morgan fingerprint density at radius 2 is 2.50 bits per heavy atom. The van der Waals surface area contributed by atoms with Crippen molar-refractivity contribution in [1.82, 2.24) is 5.32 Å². The third kappa shape index (κ3) is 0.611. The molecule has 2 bridgehead atoms. The fourth-order valence-electron chi connectivity index (χ4n) is 2.07. The normalized spacial score (nSPS) is 44.2. The molecule has 1 saturated carbocycles. The standard InChI is InChI=1S/C7H11NO2/c9-6(10)7-2-1-5(3-7)8-4-7/h5,8H,1-4H2,(H,9,10)/t5-,7+/m0/s1. The predicted molar refractivity (Wildman–Crippen MR) is 35.7 cm³/mol. The number of carboxylic acids is 1. The van der Waals surface area contributed by atoms with E-state index in [0.717, 1.165) is 19.3 Å². The molecule has 0 amide bonds. The smallest absolute Gasteiger partial charge is 0.310 e. The van der Waals surface area contributed by atoms with Crippen LogP contribution in [0.2, 0.25) is 0 Å². The van der Waals surface area contributed by atoms with E-state index < -0.39 is 5.97 Å². The van der Waals surface area contributed by atoms with Crippen LogP contribution in [0.4, 0.5) is 0 Å². The fraction of sp³-hybridized carbons (Fsp3) is 0.857. The van der Waals surface area contributed by atoms with E-state index in [-0.39, 0.29) is 5.41 Å². The van der Waals surface area contributed by atoms with E-state index in [9.17, 15) is 4.79 Å². The topological polar surface area (TPSA) is 49.3 Å². The third-order valence-electron chi connectivity index (χ3n) is 2.79. The van der Waals surface area contributed by atoms with Crippen molar-refractivity contribution < 1.29 is 9.90 Å². The second-order valence-corrected chi connectivity index (χ2v) is 3.41. The van der Waals surface area contributed by atoms with Gasteiger partial charge in [0.2, 0.25) is 0 Å². The van der Waals surface area contributed by atoms with Gasteiger partial charge in [-0.25, -0.2) is 0 Å². The molecule has 10 heavy (non-hydrogen) atoms. The number of fused-ring (bicyclic) bond motifs is 2. The van der Waals surface area contributed by atoms with E-state index in [2.05, 4.69) is 5.32 Å². The predicted octanol–water partition coefficient (Wildman–Crippen LogP) is 0.213. The van der Waals surface area contributed by atoms with Crippen LogP contribution in [-0.4, -0.2) is 23.7 Å². The van der Waals surface area contributed by atoms with Crippen LogP contribution in [0, 0.1) is 5.41 Å². The van der Waals surface area contributed by atoms with Crippen molar-refractivity contribution in [2.24, 2.45) is 5.41 Å². The first kappa shape index (κ1) is 6.16. The van der Waals surface area contributed by atoms with Crippen molar-refractivity contribution in [2.75, 3.05) is 6.54 Å². The van der Waals surface area contributed by atoms with Crippen molar-refractivity contribution in [3.63, 3.8) is 0 Å². The van der Waals surface area contributed by atoms with Crippen LogP contribution in [0.5, 0.6) is 0 Å². The lowest BCUT2D eigenvalue weighted by Crippen LogP contribution is -2.35. The molecule has 0 aromatic rings. The first-order valence-electron chi connectivity index (χ1n) is 3.70. The van der Waals surface area contributed by atoms with Crippen LogP contribution in [0.25, 0.3) is 0 Å². The first-order chi connectivity index (χ1) is 4.73. The van der Waals surface area contributed by atoms with Gasteiger partial charge < -0.3 is 10.4 Å². The average molecular weight is 141 g/mol. The lowest BCUT2D eigenvalue weighted by Gasteiger charge is -2.20. The maximum Gasteiger partial charge on any atom is 0.310 e. The van der Waals surface area contributed by atoms with Crippen LogP contribution in [0.1, 0.15) is 19.3 Å². The molecule has 0 aromatic carbocycles. The van der Waals surface area contributed by atoms with Gasteiger partial charge in [0, 0.05) is 12.6 Å². The molecular weight excluding hydrogens is 130 g/mol. The molecule has 2 rings (SSSR count). The number of carbonyl (C=O) groups is 1. The summed E-state index contributed by atoms with van der Waals surface area (Å²) >= 11 is 0. The number of aliphatic carboxylic acids is 1. The summed E-state index contributed by atoms with van der Waals surface area (Å²) in [6, 6.07) is 0.496. The Hall–Kier alpha value is -0.570. The van der Waals surface area contributed by atoms with E-state index in [1.165, 1.54) is 0 Å². The maximum atomic E-state index is 10.7. The summed E-state index contributed by atoms with van der Waals surface area (Å²) < 4.78 is 0. The quantitative estimate of drug-likeness (QED) is 0.549. The highest BCUT2D eigenvalue weighted by molar-refractivity contribution is 5.76. The van der Waals surface area contributed by atoms with E-state index in [1.54, 1.807) is 0 Å². The van der Waals surface area contributed by atoms with Gasteiger partial charge in [0.05, 0.1) is 5.41 Å². The molecule has 0 radical (unpaired) electrons. The second-order valence-electron chi connectivity index (χ2n) is 3.41. The molecule has 1 aliphatic carbocycles. The number of nitrogens with one attached hydrogen (secondary N) is 1. The van der Waals surface area contributed by atoms with Crippen molar-refractivity contribution in [3.8, 4) is 0 Å². The molecule has 0 spiro atoms. The molecule has 0 unspecified atom stereocenters. The molecule has 56 valence electrons. The van der Waals surface area contributed by atoms with Gasteiger partial charge in [-0.05, 0) is 19.3 Å². The van der Waals surface area contributed by atoms with Gasteiger partial charge in [0.15, 0.2) is 0 Å². The maximum absolute atomic E-state index is 10.7. The highest BCUT2D eigenvalue weighted by Gasteiger charge is 2.50. The minimum atomic E-state index is -0.611. The molecule has 1 aliphatic heterocycles. The van der Waals surface area contributed by atoms with Gasteiger partial charge in [0.1, 0.15) is 0 Å². The highest BCUT2D eigenvalue weighted by atomic mass is 16.4. The van der Waals surface area contributed by atoms with Crippen LogP contribution in [0.15, 0.2) is 0 Å². The van der Waals surface area contributed by atoms with Crippen LogP contribution in [0.3, 0.4) is 0 Å². The minimum absolute atomic E-state index is 0.384. The summed E-state index contributed by atoms with van der Waals surface area (Å²) in [6.07, 6.45) is 2.77. The van der Waals surface area contributed by atoms with Gasteiger partial charge in [-0.15, -0.1) is 0 Å². The molecule has 3 nitrogen and oxygen atoms in total. The summed E-state index contributed by atoms with van der Waals surface area (Å²) in [5.74, 6) is -0.611. The van der Waals surface area contributed by atoms with E-state index in [0.29, 0.717) is 12.6 Å². The van der Waals surface area contributed by atoms with Crippen molar-refractivity contribution >= 4 is 5.97 Å². The Kier molecular flexibility index (Phi) is 1.06. The summed E-state index contributed by atoms with van der Waals surface area (Å²) in [6.45, 7) is 0.687. The SMILES string of the molecule is O=C(O)[C@]12CC[C@@H](C1)NC2. The van der Waals surface area contributed by atoms with Crippen LogP contribution < -0.4 is 5.32 Å². The molecule has 2 N–H and O–H groups in total. The third-order valence-corrected chi connectivity index (χ3v) is 2.79. The number of piperidine rings is 1. The Balaban J connectivity index is 2.23. The lowest BCUT2D eigenvalue weighted by molar-refractivity contribution is -0.147. The molecule has 2 fully saturated rings. The van der Waals surface area contributed by atoms with Crippen molar-refractivity contribution in [1.29, 1.82) is 0 Å². The molecule has 1 heterocycles. The molecule has 3 heteroatoms. The van der Waals surface area contributed by atoms with Crippen molar-refractivity contribution in [2.45, 2.75) is 25.3 Å². The lowest BCUT2D eigenvalue weighted by atomic mass is 9.88. The molecule has 2 aliphatic rings. The zero-order valence-corrected chi connectivity index (χ0v) is 5.76. The van der Waals surface area contributed by atoms with Gasteiger partial charge in [-0.1, -0.05) is 0 Å². The molecule has 1 saturated heterocycles. The number of carboxylic acid groups (broad SMARTS) is 1. The number of hydrogen-bond acceptors (Lipinski definition) is 2. The average Bonchev–Trinajstić information content (AvgIpc) is 2.45. The molecular formula is C7H11NO2. The highest BCUT2D eigenvalue weighted by Crippen LogP contribution is 2.42. The number of rotatable bonds is 1. The fourth-order valence-corrected chi connectivity index (χ4v) is 2.07. The van der Waals surface area contributed by atoms with Crippen LogP contribution >= 0.6 is 0 Å². The number of hydrogen-bond donors (Lipinski definition) is 2. The van der Waals surface area contributed by atoms with Gasteiger partial charge in [-0.2, -0.15) is 0 Å². The van der Waals surface area contributed by atoms with Gasteiger partial charge in [0.25, 0.3) is 0 Å². The Morgan fingerprint density at radius 1 is 1.70 bits per heavy atom. The van der Waals surface area contributed by atoms with Gasteiger partial charge >= 0.3 is 5.97 Å². The summed E-state index contributed by atoms with van der Waals surface area (Å²) in [7, 11) is 0. The van der Waals surface area contributed by atoms with E-state index in [1.807, 2.05) is 0 Å². The monoisotopic (exact) mass is 141 g/mol. The van der Waals surface area contributed by atoms with E-state index in [4.69, 9.17) is 5.11 Å². The zero-order chi connectivity index (χ0) is 7.19. The summed E-state index contributed by atoms with van der Waals surface area (Å²) in [4.78, 5) is 10.7. The second kappa shape index (κ2) is 1.72. The van der Waals surface area contributed by atoms with Gasteiger partial charge in [-0.3, -0.25) is 4.79 Å². The summed E-state index contributed by atoms with van der Waals surface area (Å²) in [5, 5.41) is 12.0. The molecule has 0 aromatic heterocycles. The Morgan fingerprint density at radius 3 is 2.70 bits per heavy atom. The zero-order valence-electron chi connectivity index (χ0n) is 5.76. The first-order valence-corrected chi connectivity index (χ1v) is 3.70. The van der Waals surface area contributed by atoms with E-state index >= 15 is 0 Å².